The van der Waals surface area contributed by atoms with Gasteiger partial charge in [0.1, 0.15) is 17.9 Å². The Morgan fingerprint density at radius 1 is 1.10 bits per heavy atom. The van der Waals surface area contributed by atoms with Crippen LogP contribution in [0, 0.1) is 0 Å². The Balaban J connectivity index is 2.27. The van der Waals surface area contributed by atoms with E-state index in [2.05, 4.69) is 4.74 Å². The Kier molecular flexibility index (Phi) is 7.64. The lowest BCUT2D eigenvalue weighted by molar-refractivity contribution is -0.274. The van der Waals surface area contributed by atoms with E-state index in [-0.39, 0.29) is 28.0 Å². The summed E-state index contributed by atoms with van der Waals surface area (Å²) in [6, 6.07) is 9.09. The van der Waals surface area contributed by atoms with E-state index in [0.29, 0.717) is 11.1 Å². The number of benzene rings is 2. The summed E-state index contributed by atoms with van der Waals surface area (Å²) in [5.74, 6) is -1.22. The molecular weight excluding hydrogens is 436 g/mol. The van der Waals surface area contributed by atoms with Crippen molar-refractivity contribution in [3.8, 4) is 11.5 Å². The molecule has 2 rings (SSSR count). The van der Waals surface area contributed by atoms with Crippen molar-refractivity contribution in [2.45, 2.75) is 13.0 Å². The van der Waals surface area contributed by atoms with Gasteiger partial charge in [0.15, 0.2) is 5.75 Å². The Labute approximate surface area is 174 Å². The average molecular weight is 451 g/mol. The number of carbonyl (C=O) groups is 1. The topological polar surface area (TPSA) is 54.0 Å². The van der Waals surface area contributed by atoms with Crippen LogP contribution in [0.5, 0.6) is 11.5 Å². The molecule has 0 atom stereocenters. The monoisotopic (exact) mass is 450 g/mol. The van der Waals surface area contributed by atoms with Crippen LogP contribution in [0.25, 0.3) is 5.57 Å². The summed E-state index contributed by atoms with van der Waals surface area (Å²) >= 11 is 11.7. The van der Waals surface area contributed by atoms with Crippen molar-refractivity contribution in [1.82, 2.24) is 0 Å². The number of hydrogen-bond donors (Lipinski definition) is 0. The minimum absolute atomic E-state index is 0.0413. The third-order valence-corrected chi connectivity index (χ3v) is 4.09. The van der Waals surface area contributed by atoms with Gasteiger partial charge in [0.05, 0.1) is 30.5 Å². The average Bonchev–Trinajstić information content (AvgIpc) is 2.66. The number of alkyl halides is 3. The molecule has 0 aliphatic carbocycles. The zero-order chi connectivity index (χ0) is 21.6. The van der Waals surface area contributed by atoms with Crippen molar-refractivity contribution in [2.75, 3.05) is 14.2 Å². The molecule has 10 heteroatoms. The van der Waals surface area contributed by atoms with E-state index in [1.807, 2.05) is 0 Å². The first-order valence-electron chi connectivity index (χ1n) is 7.93. The minimum atomic E-state index is -4.94. The molecule has 0 aliphatic heterocycles. The summed E-state index contributed by atoms with van der Waals surface area (Å²) in [6.45, 7) is -0.0413. The molecule has 0 N–H and O–H groups in total. The largest absolute Gasteiger partial charge is 0.573 e. The summed E-state index contributed by atoms with van der Waals surface area (Å²) in [5.41, 5.74) is 1.25. The summed E-state index contributed by atoms with van der Waals surface area (Å²) in [6.07, 6.45) is -3.70. The Bertz CT molecular complexity index is 890. The van der Waals surface area contributed by atoms with Gasteiger partial charge in [-0.3, -0.25) is 0 Å². The first-order valence-corrected chi connectivity index (χ1v) is 8.69. The number of rotatable bonds is 7. The molecule has 2 aromatic rings. The van der Waals surface area contributed by atoms with Crippen LogP contribution in [0.1, 0.15) is 11.1 Å². The Morgan fingerprint density at radius 3 is 2.28 bits per heavy atom. The van der Waals surface area contributed by atoms with Crippen LogP contribution in [0.4, 0.5) is 13.2 Å². The first-order chi connectivity index (χ1) is 13.7. The van der Waals surface area contributed by atoms with Crippen LogP contribution in [0.3, 0.4) is 0 Å². The molecule has 0 amide bonds. The van der Waals surface area contributed by atoms with Crippen LogP contribution in [0.2, 0.25) is 10.0 Å². The summed E-state index contributed by atoms with van der Waals surface area (Å²) in [7, 11) is 2.62. The van der Waals surface area contributed by atoms with Gasteiger partial charge in [-0.15, -0.1) is 13.2 Å². The van der Waals surface area contributed by atoms with Gasteiger partial charge < -0.3 is 18.9 Å². The van der Waals surface area contributed by atoms with Gasteiger partial charge in [-0.2, -0.15) is 0 Å². The maximum Gasteiger partial charge on any atom is 0.573 e. The smallest absolute Gasteiger partial charge is 0.503 e. The second-order valence-corrected chi connectivity index (χ2v) is 6.28. The van der Waals surface area contributed by atoms with E-state index in [1.54, 1.807) is 24.3 Å². The lowest BCUT2D eigenvalue weighted by Gasteiger charge is -2.15. The standard InChI is InChI=1S/C19H15Cl2F3O5/c1-26-10-14(18(25)27-2)13-6-4-3-5-11(13)9-28-12-7-15(20)17(16(21)8-12)29-19(22,23)24/h3-8,10H,9H2,1-2H3/b14-10+. The van der Waals surface area contributed by atoms with Crippen LogP contribution in [-0.2, 0) is 20.9 Å². The predicted molar refractivity (Wildman–Crippen MR) is 101 cm³/mol. The Hall–Kier alpha value is -2.58. The van der Waals surface area contributed by atoms with Gasteiger partial charge in [-0.1, -0.05) is 47.5 Å². The maximum absolute atomic E-state index is 12.4. The molecule has 2 aromatic carbocycles. The van der Waals surface area contributed by atoms with E-state index in [0.717, 1.165) is 12.1 Å². The minimum Gasteiger partial charge on any atom is -0.503 e. The van der Waals surface area contributed by atoms with Crippen LogP contribution < -0.4 is 9.47 Å². The van der Waals surface area contributed by atoms with Crippen molar-refractivity contribution in [1.29, 1.82) is 0 Å². The maximum atomic E-state index is 12.4. The number of methoxy groups -OCH3 is 2. The van der Waals surface area contributed by atoms with Crippen LogP contribution in [-0.4, -0.2) is 26.6 Å². The quantitative estimate of drug-likeness (QED) is 0.310. The molecule has 0 spiro atoms. The molecule has 0 aromatic heterocycles. The van der Waals surface area contributed by atoms with E-state index < -0.39 is 18.1 Å². The molecule has 0 aliphatic rings. The summed E-state index contributed by atoms with van der Waals surface area (Å²) < 4.78 is 56.4. The number of carbonyl (C=O) groups excluding carboxylic acids is 1. The van der Waals surface area contributed by atoms with Crippen molar-refractivity contribution >= 4 is 34.7 Å². The van der Waals surface area contributed by atoms with Crippen molar-refractivity contribution in [3.05, 3.63) is 63.8 Å². The molecule has 0 unspecified atom stereocenters. The molecular formula is C19H15Cl2F3O5. The molecule has 156 valence electrons. The highest BCUT2D eigenvalue weighted by molar-refractivity contribution is 6.37. The summed E-state index contributed by atoms with van der Waals surface area (Å²) in [5, 5.41) is -0.736. The Morgan fingerprint density at radius 2 is 1.72 bits per heavy atom. The lowest BCUT2D eigenvalue weighted by Crippen LogP contribution is -2.17. The molecule has 5 nitrogen and oxygen atoms in total. The molecule has 0 saturated heterocycles. The zero-order valence-corrected chi connectivity index (χ0v) is 16.7. The molecule has 0 fully saturated rings. The molecule has 0 heterocycles. The highest BCUT2D eigenvalue weighted by Gasteiger charge is 2.33. The second kappa shape index (κ2) is 9.76. The fourth-order valence-corrected chi connectivity index (χ4v) is 2.90. The highest BCUT2D eigenvalue weighted by atomic mass is 35.5. The van der Waals surface area contributed by atoms with Gasteiger partial charge >= 0.3 is 12.3 Å². The van der Waals surface area contributed by atoms with E-state index in [4.69, 9.17) is 37.4 Å². The van der Waals surface area contributed by atoms with E-state index in [1.165, 1.54) is 20.5 Å². The number of halogens is 5. The van der Waals surface area contributed by atoms with Gasteiger partial charge in [0, 0.05) is 12.1 Å². The number of esters is 1. The number of ether oxygens (including phenoxy) is 4. The third-order valence-electron chi connectivity index (χ3n) is 3.53. The van der Waals surface area contributed by atoms with Gasteiger partial charge in [-0.05, 0) is 11.1 Å². The van der Waals surface area contributed by atoms with E-state index in [9.17, 15) is 18.0 Å². The van der Waals surface area contributed by atoms with Gasteiger partial charge in [0.2, 0.25) is 0 Å². The first kappa shape index (κ1) is 22.7. The van der Waals surface area contributed by atoms with E-state index >= 15 is 0 Å². The van der Waals surface area contributed by atoms with Crippen LogP contribution in [0.15, 0.2) is 42.7 Å². The SMILES string of the molecule is CO/C=C(/C(=O)OC)c1ccccc1COc1cc(Cl)c(OC(F)(F)F)c(Cl)c1. The zero-order valence-electron chi connectivity index (χ0n) is 15.2. The van der Waals surface area contributed by atoms with Crippen molar-refractivity contribution in [3.63, 3.8) is 0 Å². The van der Waals surface area contributed by atoms with Gasteiger partial charge in [0.25, 0.3) is 0 Å². The molecule has 0 radical (unpaired) electrons. The van der Waals surface area contributed by atoms with Crippen LogP contribution >= 0.6 is 23.2 Å². The second-order valence-electron chi connectivity index (χ2n) is 5.47. The lowest BCUT2D eigenvalue weighted by atomic mass is 10.0. The number of hydrogen-bond acceptors (Lipinski definition) is 5. The normalized spacial score (nSPS) is 11.8. The molecule has 29 heavy (non-hydrogen) atoms. The predicted octanol–water partition coefficient (Wildman–Crippen LogP) is 5.63. The highest BCUT2D eigenvalue weighted by Crippen LogP contribution is 2.40. The van der Waals surface area contributed by atoms with Crippen molar-refractivity contribution in [2.24, 2.45) is 0 Å². The van der Waals surface area contributed by atoms with Crippen molar-refractivity contribution < 1.29 is 36.9 Å². The fraction of sp³-hybridized carbons (Fsp3) is 0.211. The fourth-order valence-electron chi connectivity index (χ4n) is 2.35. The van der Waals surface area contributed by atoms with Gasteiger partial charge in [-0.25, -0.2) is 4.79 Å². The third kappa shape index (κ3) is 6.20. The molecule has 0 saturated carbocycles. The molecule has 0 bridgehead atoms. The summed E-state index contributed by atoms with van der Waals surface area (Å²) in [4.78, 5) is 12.0.